The maximum atomic E-state index is 11.1. The predicted molar refractivity (Wildman–Crippen MR) is 28.8 cm³/mol. The van der Waals surface area contributed by atoms with Gasteiger partial charge in [0.2, 0.25) is 8.27 Å². The summed E-state index contributed by atoms with van der Waals surface area (Å²) in [6.45, 7) is 0. The molecule has 0 aromatic carbocycles. The Morgan fingerprint density at radius 1 is 1.33 bits per heavy atom. The molecule has 0 heterocycles. The smallest absolute Gasteiger partial charge is 0.217 e. The summed E-state index contributed by atoms with van der Waals surface area (Å²) in [6, 6.07) is 0. The third-order valence-electron chi connectivity index (χ3n) is 0.336. The number of hydrogen-bond acceptors (Lipinski definition) is 2. The zero-order valence-electron chi connectivity index (χ0n) is 3.94. The lowest BCUT2D eigenvalue weighted by Gasteiger charge is -2.00. The highest BCUT2D eigenvalue weighted by molar-refractivity contribution is 9.47. The number of alkyl halides is 3. The predicted octanol–water partition coefficient (Wildman–Crippen LogP) is 1.27. The second kappa shape index (κ2) is 2.45. The molecule has 0 atom stereocenters. The molecule has 7 heteroatoms. The van der Waals surface area contributed by atoms with Gasteiger partial charge in [0.15, 0.2) is 5.75 Å². The summed E-state index contributed by atoms with van der Waals surface area (Å²) in [5, 5.41) is 0. The molecule has 0 aromatic rings. The van der Waals surface area contributed by atoms with Gasteiger partial charge >= 0.3 is 6.18 Å². The van der Waals surface area contributed by atoms with Crippen molar-refractivity contribution < 1.29 is 21.6 Å². The van der Waals surface area contributed by atoms with Crippen LogP contribution in [0.2, 0.25) is 0 Å². The maximum Gasteiger partial charge on any atom is 0.403 e. The molecule has 0 bridgehead atoms. The van der Waals surface area contributed by atoms with Crippen LogP contribution in [0.4, 0.5) is 13.2 Å². The van der Waals surface area contributed by atoms with Gasteiger partial charge in [-0.25, -0.2) is 8.42 Å². The van der Waals surface area contributed by atoms with Gasteiger partial charge in [-0.05, 0) is 0 Å². The molecule has 0 aromatic heterocycles. The Bertz CT molecular complexity index is 180. The first-order chi connectivity index (χ1) is 3.71. The fourth-order valence-corrected chi connectivity index (χ4v) is 1.37. The van der Waals surface area contributed by atoms with E-state index in [4.69, 9.17) is 0 Å². The van der Waals surface area contributed by atoms with Gasteiger partial charge in [-0.2, -0.15) is 13.2 Å². The van der Waals surface area contributed by atoms with Crippen molar-refractivity contribution in [1.29, 1.82) is 0 Å². The quantitative estimate of drug-likeness (QED) is 0.632. The summed E-state index contributed by atoms with van der Waals surface area (Å²) in [4.78, 5) is 0. The topological polar surface area (TPSA) is 34.1 Å². The standard InChI is InChI=1S/C2H2BrF3O2S/c3-9(7,8)1-2(4,5)6/h1H2. The largest absolute Gasteiger partial charge is 0.403 e. The minimum Gasteiger partial charge on any atom is -0.217 e. The molecular formula is C2H2BrF3O2S. The second-order valence-corrected chi connectivity index (χ2v) is 5.62. The Labute approximate surface area is 57.2 Å². The average Bonchev–Trinajstić information content (AvgIpc) is 1.14. The van der Waals surface area contributed by atoms with Crippen molar-refractivity contribution in [2.75, 3.05) is 5.75 Å². The first kappa shape index (κ1) is 9.22. The van der Waals surface area contributed by atoms with Crippen LogP contribution in [0.5, 0.6) is 0 Å². The van der Waals surface area contributed by atoms with E-state index in [-0.39, 0.29) is 0 Å². The third kappa shape index (κ3) is 8.22. The van der Waals surface area contributed by atoms with Gasteiger partial charge in [0.25, 0.3) is 0 Å². The summed E-state index contributed by atoms with van der Waals surface area (Å²) >= 11 is 1.87. The van der Waals surface area contributed by atoms with Gasteiger partial charge in [0, 0.05) is 0 Å². The summed E-state index contributed by atoms with van der Waals surface area (Å²) in [5.74, 6) is -1.82. The van der Waals surface area contributed by atoms with Crippen LogP contribution in [0.25, 0.3) is 0 Å². The van der Waals surface area contributed by atoms with Crippen LogP contribution in [-0.2, 0) is 8.27 Å². The molecule has 0 unspecified atom stereocenters. The van der Waals surface area contributed by atoms with Crippen LogP contribution < -0.4 is 0 Å². The van der Waals surface area contributed by atoms with Gasteiger partial charge < -0.3 is 0 Å². The lowest BCUT2D eigenvalue weighted by molar-refractivity contribution is -0.106. The molecule has 0 aliphatic heterocycles. The molecule has 0 aliphatic carbocycles. The van der Waals surface area contributed by atoms with Gasteiger partial charge in [0.1, 0.15) is 0 Å². The maximum absolute atomic E-state index is 11.1. The van der Waals surface area contributed by atoms with Crippen LogP contribution >= 0.6 is 14.8 Å². The first-order valence-electron chi connectivity index (χ1n) is 1.70. The van der Waals surface area contributed by atoms with Crippen molar-refractivity contribution in [2.24, 2.45) is 0 Å². The summed E-state index contributed by atoms with van der Waals surface area (Å²) in [7, 11) is -4.09. The van der Waals surface area contributed by atoms with E-state index in [1.165, 1.54) is 0 Å². The van der Waals surface area contributed by atoms with Crippen LogP contribution in [0, 0.1) is 0 Å². The van der Waals surface area contributed by atoms with Gasteiger partial charge in [-0.3, -0.25) is 0 Å². The fraction of sp³-hybridized carbons (Fsp3) is 1.00. The Hall–Kier alpha value is 0.220. The lowest BCUT2D eigenvalue weighted by atomic mass is 10.8. The summed E-state index contributed by atoms with van der Waals surface area (Å²) in [5.41, 5.74) is 0. The monoisotopic (exact) mass is 226 g/mol. The molecule has 0 saturated heterocycles. The van der Waals surface area contributed by atoms with Crippen molar-refractivity contribution in [2.45, 2.75) is 6.18 Å². The Morgan fingerprint density at radius 2 is 1.67 bits per heavy atom. The number of hydrogen-bond donors (Lipinski definition) is 0. The molecule has 0 aliphatic rings. The van der Waals surface area contributed by atoms with E-state index in [1.807, 2.05) is 14.8 Å². The molecule has 9 heavy (non-hydrogen) atoms. The molecule has 56 valence electrons. The van der Waals surface area contributed by atoms with Crippen LogP contribution in [0.15, 0.2) is 0 Å². The molecule has 0 fully saturated rings. The highest BCUT2D eigenvalue weighted by atomic mass is 79.9. The Morgan fingerprint density at radius 3 is 1.67 bits per heavy atom. The average molecular weight is 227 g/mol. The van der Waals surface area contributed by atoms with E-state index in [9.17, 15) is 21.6 Å². The van der Waals surface area contributed by atoms with E-state index in [0.29, 0.717) is 0 Å². The van der Waals surface area contributed by atoms with E-state index in [2.05, 4.69) is 0 Å². The fourth-order valence-electron chi connectivity index (χ4n) is 0.195. The molecular weight excluding hydrogens is 225 g/mol. The van der Waals surface area contributed by atoms with Crippen molar-refractivity contribution >= 4 is 23.1 Å². The number of halogens is 4. The van der Waals surface area contributed by atoms with Crippen molar-refractivity contribution in [3.8, 4) is 0 Å². The highest BCUT2D eigenvalue weighted by Crippen LogP contribution is 2.19. The minimum atomic E-state index is -4.65. The van der Waals surface area contributed by atoms with E-state index < -0.39 is 20.2 Å². The summed E-state index contributed by atoms with van der Waals surface area (Å²) < 4.78 is 53.1. The van der Waals surface area contributed by atoms with Gasteiger partial charge in [-0.15, -0.1) is 0 Å². The number of rotatable bonds is 1. The highest BCUT2D eigenvalue weighted by Gasteiger charge is 2.33. The molecule has 0 radical (unpaired) electrons. The van der Waals surface area contributed by atoms with Crippen LogP contribution in [-0.4, -0.2) is 20.3 Å². The van der Waals surface area contributed by atoms with Crippen LogP contribution in [0.1, 0.15) is 0 Å². The zero-order chi connectivity index (χ0) is 7.71. The van der Waals surface area contributed by atoms with Crippen molar-refractivity contribution in [1.82, 2.24) is 0 Å². The molecule has 0 amide bonds. The molecule has 0 N–H and O–H groups in total. The summed E-state index contributed by atoms with van der Waals surface area (Å²) in [6.07, 6.45) is -4.65. The normalized spacial score (nSPS) is 13.8. The van der Waals surface area contributed by atoms with Crippen molar-refractivity contribution in [3.05, 3.63) is 0 Å². The van der Waals surface area contributed by atoms with E-state index in [0.717, 1.165) is 0 Å². The Balaban J connectivity index is 4.07. The zero-order valence-corrected chi connectivity index (χ0v) is 6.35. The molecule has 0 rings (SSSR count). The van der Waals surface area contributed by atoms with Crippen molar-refractivity contribution in [3.63, 3.8) is 0 Å². The van der Waals surface area contributed by atoms with Gasteiger partial charge in [0.05, 0.1) is 14.8 Å². The molecule has 0 spiro atoms. The van der Waals surface area contributed by atoms with Crippen LogP contribution in [0.3, 0.4) is 0 Å². The van der Waals surface area contributed by atoms with E-state index in [1.54, 1.807) is 0 Å². The van der Waals surface area contributed by atoms with E-state index >= 15 is 0 Å². The SMILES string of the molecule is O=S(=O)(Br)CC(F)(F)F. The minimum absolute atomic E-state index is 1.82. The molecule has 2 nitrogen and oxygen atoms in total. The Kier molecular flexibility index (Phi) is 2.51. The van der Waals surface area contributed by atoms with Gasteiger partial charge in [-0.1, -0.05) is 0 Å². The second-order valence-electron chi connectivity index (χ2n) is 1.30. The third-order valence-corrected chi connectivity index (χ3v) is 1.69. The lowest BCUT2D eigenvalue weighted by Crippen LogP contribution is -2.18. The molecule has 0 saturated carbocycles. The first-order valence-corrected chi connectivity index (χ1v) is 5.19.